The van der Waals surface area contributed by atoms with Crippen LogP contribution < -0.4 is 0 Å². The van der Waals surface area contributed by atoms with E-state index in [-0.39, 0.29) is 6.10 Å². The van der Waals surface area contributed by atoms with Crippen LogP contribution in [0, 0.1) is 27.7 Å². The van der Waals surface area contributed by atoms with Gasteiger partial charge in [-0.3, -0.25) is 0 Å². The fourth-order valence-corrected chi connectivity index (χ4v) is 3.04. The Bertz CT molecular complexity index is 724. The summed E-state index contributed by atoms with van der Waals surface area (Å²) in [4.78, 5) is 9.71. The van der Waals surface area contributed by atoms with Gasteiger partial charge < -0.3 is 4.74 Å². The molecule has 1 saturated heterocycles. The van der Waals surface area contributed by atoms with E-state index in [0.29, 0.717) is 5.90 Å². The lowest BCUT2D eigenvalue weighted by Gasteiger charge is -2.08. The number of nitrogens with zero attached hydrogens (tertiary/aromatic N) is 2. The first-order valence-electron chi connectivity index (χ1n) is 8.41. The maximum Gasteiger partial charge on any atom is 0.236 e. The van der Waals surface area contributed by atoms with Gasteiger partial charge in [0.25, 0.3) is 0 Å². The van der Waals surface area contributed by atoms with Crippen LogP contribution in [-0.2, 0) is 4.74 Å². The third-order valence-electron chi connectivity index (χ3n) is 4.38. The van der Waals surface area contributed by atoms with Gasteiger partial charge in [0.05, 0.1) is 11.4 Å². The highest BCUT2D eigenvalue weighted by Crippen LogP contribution is 2.28. The number of benzene rings is 2. The molecule has 1 aliphatic heterocycles. The van der Waals surface area contributed by atoms with Crippen LogP contribution in [0.1, 0.15) is 35.6 Å². The molecule has 0 radical (unpaired) electrons. The SMILES string of the molecule is Cc1cccc(C)c1/N=C1\CC(C)O\C1=N\c1c(C)cccc1C. The normalized spacial score (nSPS) is 20.6. The summed E-state index contributed by atoms with van der Waals surface area (Å²) in [7, 11) is 0. The standard InChI is InChI=1S/C21H24N2O/c1-13-8-6-9-14(2)19(13)22-18-12-17(5)24-21(18)23-20-15(3)10-7-11-16(20)4/h6-11,17H,12H2,1-5H3/b22-18+,23-21+. The van der Waals surface area contributed by atoms with E-state index in [1.165, 1.54) is 11.1 Å². The molecule has 3 heteroatoms. The van der Waals surface area contributed by atoms with E-state index in [2.05, 4.69) is 71.0 Å². The summed E-state index contributed by atoms with van der Waals surface area (Å²) < 4.78 is 5.96. The van der Waals surface area contributed by atoms with Gasteiger partial charge in [-0.15, -0.1) is 0 Å². The summed E-state index contributed by atoms with van der Waals surface area (Å²) in [5.74, 6) is 0.655. The molecule has 0 spiro atoms. The molecule has 0 bridgehead atoms. The van der Waals surface area contributed by atoms with Gasteiger partial charge in [-0.05, 0) is 56.9 Å². The Kier molecular flexibility index (Phi) is 4.52. The molecule has 1 unspecified atom stereocenters. The molecule has 0 saturated carbocycles. The lowest BCUT2D eigenvalue weighted by atomic mass is 10.1. The quantitative estimate of drug-likeness (QED) is 0.716. The van der Waals surface area contributed by atoms with Crippen molar-refractivity contribution >= 4 is 23.0 Å². The minimum absolute atomic E-state index is 0.108. The van der Waals surface area contributed by atoms with Crippen LogP contribution in [0.25, 0.3) is 0 Å². The fraction of sp³-hybridized carbons (Fsp3) is 0.333. The van der Waals surface area contributed by atoms with Gasteiger partial charge in [-0.2, -0.15) is 0 Å². The second-order valence-corrected chi connectivity index (χ2v) is 6.59. The molecular weight excluding hydrogens is 296 g/mol. The smallest absolute Gasteiger partial charge is 0.236 e. The lowest BCUT2D eigenvalue weighted by Crippen LogP contribution is -2.07. The van der Waals surface area contributed by atoms with Crippen molar-refractivity contribution in [1.29, 1.82) is 0 Å². The molecule has 0 amide bonds. The van der Waals surface area contributed by atoms with E-state index in [4.69, 9.17) is 14.7 Å². The van der Waals surface area contributed by atoms with E-state index in [0.717, 1.165) is 34.6 Å². The Morgan fingerprint density at radius 1 is 0.792 bits per heavy atom. The monoisotopic (exact) mass is 320 g/mol. The topological polar surface area (TPSA) is 34.0 Å². The van der Waals surface area contributed by atoms with Gasteiger partial charge in [0, 0.05) is 6.42 Å². The van der Waals surface area contributed by atoms with Crippen molar-refractivity contribution in [2.24, 2.45) is 9.98 Å². The molecule has 1 aliphatic rings. The summed E-state index contributed by atoms with van der Waals surface area (Å²) in [6, 6.07) is 12.5. The van der Waals surface area contributed by atoms with Gasteiger partial charge >= 0.3 is 0 Å². The van der Waals surface area contributed by atoms with Gasteiger partial charge in [-0.1, -0.05) is 36.4 Å². The molecule has 1 heterocycles. The van der Waals surface area contributed by atoms with E-state index < -0.39 is 0 Å². The van der Waals surface area contributed by atoms with E-state index in [9.17, 15) is 0 Å². The third-order valence-corrected chi connectivity index (χ3v) is 4.38. The molecule has 0 aliphatic carbocycles. The third kappa shape index (κ3) is 3.25. The van der Waals surface area contributed by atoms with E-state index in [1.54, 1.807) is 0 Å². The van der Waals surface area contributed by atoms with Gasteiger partial charge in [0.15, 0.2) is 0 Å². The maximum absolute atomic E-state index is 5.96. The largest absolute Gasteiger partial charge is 0.473 e. The molecule has 124 valence electrons. The summed E-state index contributed by atoms with van der Waals surface area (Å²) in [5, 5.41) is 0. The first-order chi connectivity index (χ1) is 11.5. The van der Waals surface area contributed by atoms with Crippen LogP contribution in [-0.4, -0.2) is 17.7 Å². The highest BCUT2D eigenvalue weighted by atomic mass is 16.5. The molecule has 24 heavy (non-hydrogen) atoms. The van der Waals surface area contributed by atoms with Crippen molar-refractivity contribution in [2.45, 2.75) is 47.1 Å². The zero-order valence-electron chi connectivity index (χ0n) is 15.1. The van der Waals surface area contributed by atoms with Crippen molar-refractivity contribution in [3.63, 3.8) is 0 Å². The summed E-state index contributed by atoms with van der Waals surface area (Å²) in [6.45, 7) is 10.4. The lowest BCUT2D eigenvalue weighted by molar-refractivity contribution is 0.241. The summed E-state index contributed by atoms with van der Waals surface area (Å²) in [5.41, 5.74) is 7.59. The zero-order valence-corrected chi connectivity index (χ0v) is 15.1. The second-order valence-electron chi connectivity index (χ2n) is 6.59. The van der Waals surface area contributed by atoms with Crippen molar-refractivity contribution in [3.8, 4) is 0 Å². The molecule has 0 aromatic heterocycles. The highest BCUT2D eigenvalue weighted by Gasteiger charge is 2.26. The molecule has 1 atom stereocenters. The van der Waals surface area contributed by atoms with Gasteiger partial charge in [0.2, 0.25) is 5.90 Å². The van der Waals surface area contributed by atoms with Gasteiger partial charge in [-0.25, -0.2) is 9.98 Å². The van der Waals surface area contributed by atoms with Gasteiger partial charge in [0.1, 0.15) is 11.8 Å². The van der Waals surface area contributed by atoms with Crippen LogP contribution in [0.15, 0.2) is 46.4 Å². The summed E-state index contributed by atoms with van der Waals surface area (Å²) >= 11 is 0. The Labute approximate surface area is 144 Å². The average Bonchev–Trinajstić information content (AvgIpc) is 2.87. The summed E-state index contributed by atoms with van der Waals surface area (Å²) in [6.07, 6.45) is 0.897. The van der Waals surface area contributed by atoms with Crippen molar-refractivity contribution in [1.82, 2.24) is 0 Å². The number of aryl methyl sites for hydroxylation is 4. The number of hydrogen-bond donors (Lipinski definition) is 0. The predicted molar refractivity (Wildman–Crippen MR) is 101 cm³/mol. The van der Waals surface area contributed by atoms with Crippen LogP contribution in [0.5, 0.6) is 0 Å². The second kappa shape index (κ2) is 6.60. The molecule has 3 rings (SSSR count). The number of aliphatic imine (C=N–C) groups is 2. The Morgan fingerprint density at radius 3 is 1.75 bits per heavy atom. The number of ether oxygens (including phenoxy) is 1. The van der Waals surface area contributed by atoms with Crippen LogP contribution in [0.2, 0.25) is 0 Å². The molecule has 1 fully saturated rings. The number of hydrogen-bond acceptors (Lipinski definition) is 3. The van der Waals surface area contributed by atoms with E-state index >= 15 is 0 Å². The average molecular weight is 320 g/mol. The molecule has 2 aromatic carbocycles. The maximum atomic E-state index is 5.96. The first-order valence-corrected chi connectivity index (χ1v) is 8.41. The Hall–Kier alpha value is -2.42. The first kappa shape index (κ1) is 16.4. The Balaban J connectivity index is 2.07. The Morgan fingerprint density at radius 2 is 1.25 bits per heavy atom. The molecular formula is C21H24N2O. The highest BCUT2D eigenvalue weighted by molar-refractivity contribution is 6.41. The van der Waals surface area contributed by atoms with Crippen LogP contribution in [0.4, 0.5) is 11.4 Å². The fourth-order valence-electron chi connectivity index (χ4n) is 3.04. The van der Waals surface area contributed by atoms with Crippen molar-refractivity contribution < 1.29 is 4.74 Å². The minimum Gasteiger partial charge on any atom is -0.473 e. The molecule has 2 aromatic rings. The minimum atomic E-state index is 0.108. The molecule has 0 N–H and O–H groups in total. The van der Waals surface area contributed by atoms with Crippen LogP contribution >= 0.6 is 0 Å². The number of rotatable bonds is 2. The van der Waals surface area contributed by atoms with Crippen molar-refractivity contribution in [2.75, 3.05) is 0 Å². The predicted octanol–water partition coefficient (Wildman–Crippen LogP) is 5.53. The zero-order chi connectivity index (χ0) is 17.3. The number of para-hydroxylation sites is 2. The molecule has 3 nitrogen and oxygen atoms in total. The van der Waals surface area contributed by atoms with Crippen molar-refractivity contribution in [3.05, 3.63) is 58.7 Å². The van der Waals surface area contributed by atoms with Crippen LogP contribution in [0.3, 0.4) is 0 Å². The van der Waals surface area contributed by atoms with E-state index in [1.807, 2.05) is 0 Å².